The lowest BCUT2D eigenvalue weighted by molar-refractivity contribution is -0.148. The average Bonchev–Trinajstić information content (AvgIpc) is 3.19. The summed E-state index contributed by atoms with van der Waals surface area (Å²) < 4.78 is 6.69. The molecule has 3 heterocycles. The van der Waals surface area contributed by atoms with Gasteiger partial charge in [0.05, 0.1) is 18.5 Å². The van der Waals surface area contributed by atoms with Crippen LogP contribution < -0.4 is 0 Å². The summed E-state index contributed by atoms with van der Waals surface area (Å²) >= 11 is 0. The molecule has 0 aliphatic carbocycles. The van der Waals surface area contributed by atoms with E-state index in [4.69, 9.17) is 4.74 Å². The van der Waals surface area contributed by atoms with Crippen molar-refractivity contribution in [3.05, 3.63) is 47.0 Å². The minimum atomic E-state index is -0.298. The van der Waals surface area contributed by atoms with Crippen LogP contribution in [0.5, 0.6) is 0 Å². The van der Waals surface area contributed by atoms with Crippen molar-refractivity contribution < 1.29 is 19.1 Å². The van der Waals surface area contributed by atoms with Gasteiger partial charge in [-0.1, -0.05) is 29.8 Å². The molecule has 1 aromatic carbocycles. The smallest absolute Gasteiger partial charge is 0.293 e. The first-order valence-electron chi connectivity index (χ1n) is 10.6. The van der Waals surface area contributed by atoms with E-state index in [1.54, 1.807) is 0 Å². The third-order valence-corrected chi connectivity index (χ3v) is 6.21. The Kier molecular flexibility index (Phi) is 6.01. The highest BCUT2D eigenvalue weighted by atomic mass is 16.5. The highest BCUT2D eigenvalue weighted by Crippen LogP contribution is 2.38. The van der Waals surface area contributed by atoms with E-state index in [9.17, 15) is 14.4 Å². The monoisotopic (exact) mass is 425 g/mol. The molecule has 2 atom stereocenters. The zero-order valence-corrected chi connectivity index (χ0v) is 17.9. The first-order valence-corrected chi connectivity index (χ1v) is 10.6. The number of carbonyl (C=O) groups excluding carboxylic acids is 3. The topological polar surface area (TPSA) is 97.6 Å². The Bertz CT molecular complexity index is 971. The minimum Gasteiger partial charge on any atom is -0.460 e. The largest absolute Gasteiger partial charge is 0.460 e. The van der Waals surface area contributed by atoms with Crippen LogP contribution in [0.25, 0.3) is 0 Å². The molecule has 1 saturated heterocycles. The number of aryl methyl sites for hydroxylation is 1. The van der Waals surface area contributed by atoms with Crippen LogP contribution in [-0.2, 0) is 38.8 Å². The van der Waals surface area contributed by atoms with E-state index in [1.165, 1.54) is 0 Å². The van der Waals surface area contributed by atoms with Gasteiger partial charge in [0.2, 0.25) is 11.8 Å². The summed E-state index contributed by atoms with van der Waals surface area (Å²) in [4.78, 5) is 40.3. The molecule has 2 aromatic rings. The van der Waals surface area contributed by atoms with Gasteiger partial charge in [-0.15, -0.1) is 10.2 Å². The SMILES string of the molecule is CCN1C(=O)CC[C@@H](C(=O)N2CCn3c(COC=O)nnc3C2)[C@@H]1c1ccc(C)cc1. The lowest BCUT2D eigenvalue weighted by Gasteiger charge is -2.42. The Labute approximate surface area is 181 Å². The van der Waals surface area contributed by atoms with Gasteiger partial charge < -0.3 is 19.1 Å². The van der Waals surface area contributed by atoms with E-state index in [1.807, 2.05) is 52.5 Å². The quantitative estimate of drug-likeness (QED) is 0.652. The summed E-state index contributed by atoms with van der Waals surface area (Å²) in [6, 6.07) is 7.82. The molecule has 31 heavy (non-hydrogen) atoms. The first kappa shape index (κ1) is 21.0. The molecule has 0 radical (unpaired) electrons. The maximum atomic E-state index is 13.6. The zero-order chi connectivity index (χ0) is 22.0. The van der Waals surface area contributed by atoms with Crippen molar-refractivity contribution >= 4 is 18.3 Å². The highest BCUT2D eigenvalue weighted by molar-refractivity contribution is 5.85. The van der Waals surface area contributed by atoms with Crippen molar-refractivity contribution in [2.24, 2.45) is 5.92 Å². The Hall–Kier alpha value is -3.23. The number of rotatable bonds is 6. The highest BCUT2D eigenvalue weighted by Gasteiger charge is 2.42. The van der Waals surface area contributed by atoms with Crippen LogP contribution in [0, 0.1) is 12.8 Å². The number of likely N-dealkylation sites (tertiary alicyclic amines) is 1. The molecule has 9 heteroatoms. The molecule has 2 aliphatic heterocycles. The molecule has 2 aliphatic rings. The number of ether oxygens (including phenoxy) is 1. The van der Waals surface area contributed by atoms with Gasteiger partial charge in [0.25, 0.3) is 6.47 Å². The molecule has 164 valence electrons. The third kappa shape index (κ3) is 4.04. The van der Waals surface area contributed by atoms with Crippen LogP contribution in [0.1, 0.15) is 48.6 Å². The van der Waals surface area contributed by atoms with E-state index < -0.39 is 0 Å². The maximum Gasteiger partial charge on any atom is 0.293 e. The second kappa shape index (κ2) is 8.87. The summed E-state index contributed by atoms with van der Waals surface area (Å²) in [5, 5.41) is 8.26. The average molecular weight is 425 g/mol. The fourth-order valence-electron chi connectivity index (χ4n) is 4.62. The van der Waals surface area contributed by atoms with Crippen LogP contribution in [0.3, 0.4) is 0 Å². The van der Waals surface area contributed by atoms with Crippen LogP contribution in [0.4, 0.5) is 0 Å². The van der Waals surface area contributed by atoms with E-state index in [0.29, 0.717) is 57.1 Å². The fraction of sp³-hybridized carbons (Fsp3) is 0.500. The lowest BCUT2D eigenvalue weighted by Crippen LogP contribution is -2.50. The van der Waals surface area contributed by atoms with E-state index >= 15 is 0 Å². The molecular formula is C22H27N5O4. The van der Waals surface area contributed by atoms with Gasteiger partial charge in [-0.3, -0.25) is 14.4 Å². The molecule has 2 amide bonds. The van der Waals surface area contributed by atoms with Crippen LogP contribution in [0.15, 0.2) is 24.3 Å². The van der Waals surface area contributed by atoms with Crippen molar-refractivity contribution in [1.82, 2.24) is 24.6 Å². The van der Waals surface area contributed by atoms with Gasteiger partial charge in [-0.2, -0.15) is 0 Å². The number of aromatic nitrogens is 3. The predicted octanol–water partition coefficient (Wildman–Crippen LogP) is 1.60. The van der Waals surface area contributed by atoms with Gasteiger partial charge >= 0.3 is 0 Å². The third-order valence-electron chi connectivity index (χ3n) is 6.21. The molecule has 1 aromatic heterocycles. The van der Waals surface area contributed by atoms with Gasteiger partial charge in [0, 0.05) is 26.1 Å². The van der Waals surface area contributed by atoms with Gasteiger partial charge in [0.15, 0.2) is 18.3 Å². The van der Waals surface area contributed by atoms with Crippen molar-refractivity contribution in [2.45, 2.75) is 52.4 Å². The van der Waals surface area contributed by atoms with Gasteiger partial charge in [-0.05, 0) is 25.8 Å². The molecule has 0 unspecified atom stereocenters. The molecule has 0 spiro atoms. The normalized spacial score (nSPS) is 21.0. The predicted molar refractivity (Wildman–Crippen MR) is 110 cm³/mol. The number of benzene rings is 1. The molecule has 9 nitrogen and oxygen atoms in total. The second-order valence-corrected chi connectivity index (χ2v) is 8.03. The van der Waals surface area contributed by atoms with Gasteiger partial charge in [0.1, 0.15) is 0 Å². The van der Waals surface area contributed by atoms with Crippen LogP contribution >= 0.6 is 0 Å². The second-order valence-electron chi connectivity index (χ2n) is 8.03. The summed E-state index contributed by atoms with van der Waals surface area (Å²) in [5.74, 6) is 1.09. The summed E-state index contributed by atoms with van der Waals surface area (Å²) in [6.45, 7) is 6.41. The molecule has 0 saturated carbocycles. The van der Waals surface area contributed by atoms with Crippen LogP contribution in [0.2, 0.25) is 0 Å². The fourth-order valence-corrected chi connectivity index (χ4v) is 4.62. The van der Waals surface area contributed by atoms with E-state index in [0.717, 1.165) is 11.1 Å². The molecule has 0 bridgehead atoms. The lowest BCUT2D eigenvalue weighted by atomic mass is 9.83. The Morgan fingerprint density at radius 2 is 2.00 bits per heavy atom. The van der Waals surface area contributed by atoms with Crippen LogP contribution in [-0.4, -0.2) is 55.9 Å². The summed E-state index contributed by atoms with van der Waals surface area (Å²) in [6.07, 6.45) is 0.915. The van der Waals surface area contributed by atoms with Crippen molar-refractivity contribution in [3.8, 4) is 0 Å². The number of hydrogen-bond donors (Lipinski definition) is 0. The molecule has 0 N–H and O–H groups in total. The number of hydrogen-bond acceptors (Lipinski definition) is 6. The number of carbonyl (C=O) groups is 3. The summed E-state index contributed by atoms with van der Waals surface area (Å²) in [7, 11) is 0. The number of piperidine rings is 1. The number of nitrogens with zero attached hydrogens (tertiary/aromatic N) is 5. The molecular weight excluding hydrogens is 398 g/mol. The standard InChI is InChI=1S/C22H27N5O4/c1-3-26-20(29)9-8-17(21(26)16-6-4-15(2)5-7-16)22(30)25-10-11-27-18(12-25)23-24-19(27)13-31-14-28/h4-7,14,17,21H,3,8-13H2,1-2H3/t17-,21+/m1/s1. The van der Waals surface area contributed by atoms with Crippen molar-refractivity contribution in [2.75, 3.05) is 13.1 Å². The minimum absolute atomic E-state index is 0.0384. The number of fused-ring (bicyclic) bond motifs is 1. The Morgan fingerprint density at radius 1 is 1.23 bits per heavy atom. The molecule has 4 rings (SSSR count). The van der Waals surface area contributed by atoms with Crippen molar-refractivity contribution in [3.63, 3.8) is 0 Å². The number of amides is 2. The van der Waals surface area contributed by atoms with E-state index in [2.05, 4.69) is 10.2 Å². The summed E-state index contributed by atoms with van der Waals surface area (Å²) in [5.41, 5.74) is 2.13. The first-order chi connectivity index (χ1) is 15.0. The molecule has 1 fully saturated rings. The van der Waals surface area contributed by atoms with Crippen molar-refractivity contribution in [1.29, 1.82) is 0 Å². The van der Waals surface area contributed by atoms with E-state index in [-0.39, 0.29) is 30.4 Å². The maximum absolute atomic E-state index is 13.6. The van der Waals surface area contributed by atoms with Gasteiger partial charge in [-0.25, -0.2) is 0 Å². The Balaban J connectivity index is 1.57. The zero-order valence-electron chi connectivity index (χ0n) is 17.9. The Morgan fingerprint density at radius 3 is 2.71 bits per heavy atom.